The fourth-order valence-corrected chi connectivity index (χ4v) is 1.23. The summed E-state index contributed by atoms with van der Waals surface area (Å²) in [7, 11) is 1.43. The third-order valence-corrected chi connectivity index (χ3v) is 2.60. The van der Waals surface area contributed by atoms with Crippen molar-refractivity contribution in [3.8, 4) is 5.75 Å². The summed E-state index contributed by atoms with van der Waals surface area (Å²) in [6.45, 7) is 1.44. The number of aromatic hydroxyl groups is 1. The Kier molecular flexibility index (Phi) is 4.48. The molecule has 0 saturated carbocycles. The first-order valence-corrected chi connectivity index (χ1v) is 5.38. The highest BCUT2D eigenvalue weighted by Crippen LogP contribution is 2.11. The number of likely N-dealkylation sites (N-methyl/N-ethyl adjacent to an activating group) is 1. The number of phenols is 1. The second-order valence-electron chi connectivity index (χ2n) is 3.89. The van der Waals surface area contributed by atoms with Crippen LogP contribution < -0.4 is 0 Å². The van der Waals surface area contributed by atoms with Gasteiger partial charge >= 0.3 is 5.97 Å². The Morgan fingerprint density at radius 3 is 2.33 bits per heavy atom. The Morgan fingerprint density at radius 2 is 1.83 bits per heavy atom. The van der Waals surface area contributed by atoms with Crippen LogP contribution in [0.3, 0.4) is 0 Å². The number of carboxylic acid groups (broad SMARTS) is 1. The summed E-state index contributed by atoms with van der Waals surface area (Å²) in [5, 5.41) is 17.9. The molecule has 5 nitrogen and oxygen atoms in total. The van der Waals surface area contributed by atoms with Gasteiger partial charge in [-0.25, -0.2) is 4.79 Å². The van der Waals surface area contributed by atoms with Crippen LogP contribution in [0.15, 0.2) is 30.3 Å². The molecule has 5 heteroatoms. The molecule has 1 aromatic carbocycles. The molecule has 1 atom stereocenters. The fraction of sp³-hybridized carbons (Fsp3) is 0.231. The highest BCUT2D eigenvalue weighted by atomic mass is 16.4. The van der Waals surface area contributed by atoms with E-state index in [2.05, 4.69) is 0 Å². The third-order valence-electron chi connectivity index (χ3n) is 2.60. The second-order valence-corrected chi connectivity index (χ2v) is 3.89. The summed E-state index contributed by atoms with van der Waals surface area (Å²) < 4.78 is 0. The Bertz CT molecular complexity index is 464. The molecule has 0 aromatic heterocycles. The minimum absolute atomic E-state index is 0.148. The predicted molar refractivity (Wildman–Crippen MR) is 67.0 cm³/mol. The molecule has 0 bridgehead atoms. The monoisotopic (exact) mass is 249 g/mol. The first-order chi connectivity index (χ1) is 8.41. The summed E-state index contributed by atoms with van der Waals surface area (Å²) in [6, 6.07) is 5.45. The molecule has 0 heterocycles. The van der Waals surface area contributed by atoms with Crippen molar-refractivity contribution < 1.29 is 19.8 Å². The van der Waals surface area contributed by atoms with Gasteiger partial charge in [-0.3, -0.25) is 4.79 Å². The molecule has 0 fully saturated rings. The first-order valence-electron chi connectivity index (χ1n) is 5.38. The molecule has 0 radical (unpaired) electrons. The van der Waals surface area contributed by atoms with Crippen LogP contribution in [0.2, 0.25) is 0 Å². The van der Waals surface area contributed by atoms with Crippen molar-refractivity contribution in [1.29, 1.82) is 0 Å². The van der Waals surface area contributed by atoms with Crippen LogP contribution >= 0.6 is 0 Å². The number of hydrogen-bond donors (Lipinski definition) is 2. The lowest BCUT2D eigenvalue weighted by molar-refractivity contribution is -0.146. The van der Waals surface area contributed by atoms with Gasteiger partial charge in [0.2, 0.25) is 5.91 Å². The maximum atomic E-state index is 11.7. The van der Waals surface area contributed by atoms with Crippen LogP contribution in [-0.4, -0.2) is 40.1 Å². The summed E-state index contributed by atoms with van der Waals surface area (Å²) in [5.41, 5.74) is 0.748. The Morgan fingerprint density at radius 1 is 1.28 bits per heavy atom. The zero-order valence-electron chi connectivity index (χ0n) is 10.2. The predicted octanol–water partition coefficient (Wildman–Crippen LogP) is 1.34. The van der Waals surface area contributed by atoms with Gasteiger partial charge < -0.3 is 15.1 Å². The van der Waals surface area contributed by atoms with Gasteiger partial charge in [0.25, 0.3) is 0 Å². The number of carbonyl (C=O) groups is 2. The van der Waals surface area contributed by atoms with Crippen molar-refractivity contribution in [3.05, 3.63) is 35.9 Å². The number of nitrogens with zero attached hydrogens (tertiary/aromatic N) is 1. The van der Waals surface area contributed by atoms with Gasteiger partial charge in [-0.05, 0) is 30.7 Å². The van der Waals surface area contributed by atoms with Crippen molar-refractivity contribution >= 4 is 18.0 Å². The smallest absolute Gasteiger partial charge is 0.326 e. The van der Waals surface area contributed by atoms with E-state index in [4.69, 9.17) is 10.2 Å². The molecule has 1 aromatic rings. The normalized spacial score (nSPS) is 12.3. The zero-order valence-corrected chi connectivity index (χ0v) is 10.2. The van der Waals surface area contributed by atoms with Gasteiger partial charge in [-0.15, -0.1) is 0 Å². The Balaban J connectivity index is 2.69. The number of hydrogen-bond acceptors (Lipinski definition) is 3. The van der Waals surface area contributed by atoms with Crippen LogP contribution in [0.5, 0.6) is 5.75 Å². The average Bonchev–Trinajstić information content (AvgIpc) is 2.35. The summed E-state index contributed by atoms with van der Waals surface area (Å²) >= 11 is 0. The van der Waals surface area contributed by atoms with Gasteiger partial charge in [0, 0.05) is 13.1 Å². The van der Waals surface area contributed by atoms with E-state index in [1.165, 1.54) is 32.2 Å². The van der Waals surface area contributed by atoms with Crippen LogP contribution in [-0.2, 0) is 9.59 Å². The maximum absolute atomic E-state index is 11.7. The van der Waals surface area contributed by atoms with E-state index in [-0.39, 0.29) is 5.75 Å². The molecule has 0 spiro atoms. The molecule has 1 amide bonds. The van der Waals surface area contributed by atoms with Gasteiger partial charge in [0.1, 0.15) is 11.8 Å². The largest absolute Gasteiger partial charge is 0.508 e. The van der Waals surface area contributed by atoms with Crippen LogP contribution in [0.1, 0.15) is 12.5 Å². The van der Waals surface area contributed by atoms with Gasteiger partial charge in [0.05, 0.1) is 0 Å². The molecular formula is C13H15NO4. The number of carbonyl (C=O) groups excluding carboxylic acids is 1. The molecule has 1 unspecified atom stereocenters. The highest BCUT2D eigenvalue weighted by molar-refractivity contribution is 5.94. The quantitative estimate of drug-likeness (QED) is 0.789. The maximum Gasteiger partial charge on any atom is 0.326 e. The van der Waals surface area contributed by atoms with E-state index < -0.39 is 17.9 Å². The lowest BCUT2D eigenvalue weighted by Gasteiger charge is -2.19. The minimum atomic E-state index is -1.05. The van der Waals surface area contributed by atoms with E-state index >= 15 is 0 Å². The van der Waals surface area contributed by atoms with E-state index in [1.807, 2.05) is 0 Å². The van der Waals surface area contributed by atoms with E-state index in [0.29, 0.717) is 0 Å². The van der Waals surface area contributed by atoms with Crippen LogP contribution in [0.4, 0.5) is 0 Å². The molecule has 0 saturated heterocycles. The Labute approximate surface area is 105 Å². The minimum Gasteiger partial charge on any atom is -0.508 e. The fourth-order valence-electron chi connectivity index (χ4n) is 1.23. The van der Waals surface area contributed by atoms with Gasteiger partial charge in [-0.1, -0.05) is 12.1 Å². The van der Waals surface area contributed by atoms with Crippen molar-refractivity contribution in [2.45, 2.75) is 13.0 Å². The van der Waals surface area contributed by atoms with E-state index in [0.717, 1.165) is 10.5 Å². The standard InChI is InChI=1S/C13H15NO4/c1-9(13(17)18)14(2)12(16)8-5-10-3-6-11(15)7-4-10/h3-9,15H,1-2H3,(H,17,18). The number of aliphatic carboxylic acids is 1. The third kappa shape index (κ3) is 3.62. The number of carboxylic acids is 1. The number of amides is 1. The Hall–Kier alpha value is -2.30. The number of rotatable bonds is 4. The second kappa shape index (κ2) is 5.86. The van der Waals surface area contributed by atoms with Crippen molar-refractivity contribution in [3.63, 3.8) is 0 Å². The van der Waals surface area contributed by atoms with E-state index in [9.17, 15) is 9.59 Å². The lowest BCUT2D eigenvalue weighted by Crippen LogP contribution is -2.39. The molecule has 2 N–H and O–H groups in total. The van der Waals surface area contributed by atoms with Crippen molar-refractivity contribution in [2.24, 2.45) is 0 Å². The topological polar surface area (TPSA) is 77.8 Å². The van der Waals surface area contributed by atoms with Crippen molar-refractivity contribution in [1.82, 2.24) is 4.90 Å². The SMILES string of the molecule is CC(C(=O)O)N(C)C(=O)C=Cc1ccc(O)cc1. The van der Waals surface area contributed by atoms with Crippen molar-refractivity contribution in [2.75, 3.05) is 7.05 Å². The molecule has 18 heavy (non-hydrogen) atoms. The first kappa shape index (κ1) is 13.8. The molecule has 96 valence electrons. The average molecular weight is 249 g/mol. The summed E-state index contributed by atoms with van der Waals surface area (Å²) in [4.78, 5) is 23.5. The molecular weight excluding hydrogens is 234 g/mol. The van der Waals surface area contributed by atoms with Crippen LogP contribution in [0.25, 0.3) is 6.08 Å². The van der Waals surface area contributed by atoms with Gasteiger partial charge in [0.15, 0.2) is 0 Å². The molecule has 0 aliphatic carbocycles. The number of phenolic OH excluding ortho intramolecular Hbond substituents is 1. The lowest BCUT2D eigenvalue weighted by atomic mass is 10.2. The highest BCUT2D eigenvalue weighted by Gasteiger charge is 2.19. The molecule has 0 aliphatic heterocycles. The molecule has 1 rings (SSSR count). The van der Waals surface area contributed by atoms with Crippen LogP contribution in [0, 0.1) is 0 Å². The number of benzene rings is 1. The molecule has 0 aliphatic rings. The van der Waals surface area contributed by atoms with E-state index in [1.54, 1.807) is 18.2 Å². The van der Waals surface area contributed by atoms with Gasteiger partial charge in [-0.2, -0.15) is 0 Å². The summed E-state index contributed by atoms with van der Waals surface area (Å²) in [6.07, 6.45) is 2.86. The summed E-state index contributed by atoms with van der Waals surface area (Å²) in [5.74, 6) is -1.29. The zero-order chi connectivity index (χ0) is 13.7.